The number of rotatable bonds is 6. The van der Waals surface area contributed by atoms with Crippen LogP contribution in [0, 0.1) is 0 Å². The molecule has 0 fully saturated rings. The fourth-order valence-electron chi connectivity index (χ4n) is 1.35. The fourth-order valence-corrected chi connectivity index (χ4v) is 1.35. The van der Waals surface area contributed by atoms with E-state index >= 15 is 0 Å². The predicted molar refractivity (Wildman–Crippen MR) is 65.8 cm³/mol. The Kier molecular flexibility index (Phi) is 4.98. The first-order valence-corrected chi connectivity index (χ1v) is 5.54. The smallest absolute Gasteiger partial charge is 0.133 e. The number of anilines is 2. The van der Waals surface area contributed by atoms with Crippen molar-refractivity contribution in [1.29, 1.82) is 0 Å². The summed E-state index contributed by atoms with van der Waals surface area (Å²) in [5, 5.41) is 12.0. The molecule has 0 spiro atoms. The maximum atomic E-state index is 8.76. The van der Waals surface area contributed by atoms with Crippen molar-refractivity contribution < 1.29 is 5.11 Å². The summed E-state index contributed by atoms with van der Waals surface area (Å²) < 4.78 is 0. The lowest BCUT2D eigenvalue weighted by molar-refractivity contribution is 0.290. The van der Waals surface area contributed by atoms with E-state index in [4.69, 9.17) is 5.11 Å². The van der Waals surface area contributed by atoms with E-state index in [0.717, 1.165) is 24.6 Å². The molecule has 0 aliphatic carbocycles. The van der Waals surface area contributed by atoms with Crippen LogP contribution in [0.3, 0.4) is 0 Å². The van der Waals surface area contributed by atoms with Crippen LogP contribution in [-0.4, -0.2) is 41.3 Å². The molecular weight excluding hydrogens is 204 g/mol. The average Bonchev–Trinajstić information content (AvgIpc) is 2.25. The molecule has 0 amide bonds. The second kappa shape index (κ2) is 6.27. The number of hydrogen-bond donors (Lipinski definition) is 2. The van der Waals surface area contributed by atoms with Gasteiger partial charge in [0.05, 0.1) is 0 Å². The summed E-state index contributed by atoms with van der Waals surface area (Å²) in [6.07, 6.45) is 2.29. The fraction of sp³-hybridized carbons (Fsp3) is 0.636. The molecule has 0 aliphatic rings. The Morgan fingerprint density at radius 1 is 1.44 bits per heavy atom. The number of aliphatic hydroxyl groups is 1. The maximum absolute atomic E-state index is 8.76. The van der Waals surface area contributed by atoms with Crippen LogP contribution < -0.4 is 10.2 Å². The molecule has 90 valence electrons. The molecule has 1 aromatic heterocycles. The van der Waals surface area contributed by atoms with E-state index in [1.54, 1.807) is 6.33 Å². The minimum atomic E-state index is 0.201. The zero-order valence-corrected chi connectivity index (χ0v) is 10.1. The highest BCUT2D eigenvalue weighted by Crippen LogP contribution is 2.13. The molecule has 1 heterocycles. The summed E-state index contributed by atoms with van der Waals surface area (Å²) in [7, 11) is 1.96. The van der Waals surface area contributed by atoms with Gasteiger partial charge in [-0.3, -0.25) is 0 Å². The van der Waals surface area contributed by atoms with Crippen molar-refractivity contribution in [2.24, 2.45) is 0 Å². The van der Waals surface area contributed by atoms with Gasteiger partial charge in [-0.15, -0.1) is 0 Å². The van der Waals surface area contributed by atoms with Crippen molar-refractivity contribution in [2.75, 3.05) is 30.4 Å². The van der Waals surface area contributed by atoms with Crippen LogP contribution in [0.25, 0.3) is 0 Å². The SMILES string of the molecule is CC(C)Nc1cc(N(C)CCCO)ncn1. The number of nitrogens with one attached hydrogen (secondary N) is 1. The highest BCUT2D eigenvalue weighted by molar-refractivity contribution is 5.48. The first-order valence-electron chi connectivity index (χ1n) is 5.54. The zero-order chi connectivity index (χ0) is 12.0. The minimum Gasteiger partial charge on any atom is -0.396 e. The monoisotopic (exact) mass is 224 g/mol. The zero-order valence-electron chi connectivity index (χ0n) is 10.1. The van der Waals surface area contributed by atoms with Gasteiger partial charge in [0.15, 0.2) is 0 Å². The van der Waals surface area contributed by atoms with Crippen molar-refractivity contribution in [3.63, 3.8) is 0 Å². The molecule has 16 heavy (non-hydrogen) atoms. The molecule has 0 saturated heterocycles. The van der Waals surface area contributed by atoms with E-state index < -0.39 is 0 Å². The van der Waals surface area contributed by atoms with Crippen molar-refractivity contribution in [1.82, 2.24) is 9.97 Å². The molecule has 0 atom stereocenters. The first-order chi connectivity index (χ1) is 7.63. The van der Waals surface area contributed by atoms with E-state index in [0.29, 0.717) is 6.04 Å². The number of hydrogen-bond acceptors (Lipinski definition) is 5. The van der Waals surface area contributed by atoms with Crippen molar-refractivity contribution in [3.05, 3.63) is 12.4 Å². The van der Waals surface area contributed by atoms with Crippen LogP contribution >= 0.6 is 0 Å². The highest BCUT2D eigenvalue weighted by atomic mass is 16.3. The summed E-state index contributed by atoms with van der Waals surface area (Å²) in [6.45, 7) is 5.12. The molecular formula is C11H20N4O. The van der Waals surface area contributed by atoms with Gasteiger partial charge in [-0.25, -0.2) is 9.97 Å². The Morgan fingerprint density at radius 3 is 2.81 bits per heavy atom. The van der Waals surface area contributed by atoms with E-state index in [1.807, 2.05) is 18.0 Å². The summed E-state index contributed by atoms with van der Waals surface area (Å²) in [4.78, 5) is 10.3. The molecule has 0 aromatic carbocycles. The molecule has 0 bridgehead atoms. The van der Waals surface area contributed by atoms with Gasteiger partial charge >= 0.3 is 0 Å². The number of aromatic nitrogens is 2. The van der Waals surface area contributed by atoms with Crippen molar-refractivity contribution in [2.45, 2.75) is 26.3 Å². The van der Waals surface area contributed by atoms with Gasteiger partial charge in [-0.2, -0.15) is 0 Å². The summed E-state index contributed by atoms with van der Waals surface area (Å²) in [6, 6.07) is 2.27. The van der Waals surface area contributed by atoms with E-state index in [2.05, 4.69) is 29.1 Å². The van der Waals surface area contributed by atoms with Crippen LogP contribution in [0.15, 0.2) is 12.4 Å². The lowest BCUT2D eigenvalue weighted by Crippen LogP contribution is -2.21. The molecule has 0 saturated carbocycles. The molecule has 2 N–H and O–H groups in total. The summed E-state index contributed by atoms with van der Waals surface area (Å²) >= 11 is 0. The molecule has 0 aliphatic heterocycles. The van der Waals surface area contributed by atoms with E-state index in [9.17, 15) is 0 Å². The second-order valence-electron chi connectivity index (χ2n) is 4.06. The highest BCUT2D eigenvalue weighted by Gasteiger charge is 2.04. The van der Waals surface area contributed by atoms with Crippen molar-refractivity contribution in [3.8, 4) is 0 Å². The third kappa shape index (κ3) is 4.02. The summed E-state index contributed by atoms with van der Waals surface area (Å²) in [5.74, 6) is 1.70. The predicted octanol–water partition coefficient (Wildman–Crippen LogP) is 1.12. The lowest BCUT2D eigenvalue weighted by Gasteiger charge is -2.18. The minimum absolute atomic E-state index is 0.201. The van der Waals surface area contributed by atoms with Gasteiger partial charge in [-0.1, -0.05) is 0 Å². The van der Waals surface area contributed by atoms with E-state index in [1.165, 1.54) is 0 Å². The first kappa shape index (κ1) is 12.7. The van der Waals surface area contributed by atoms with Crippen LogP contribution in [0.5, 0.6) is 0 Å². The molecule has 0 unspecified atom stereocenters. The van der Waals surface area contributed by atoms with Crippen LogP contribution in [0.4, 0.5) is 11.6 Å². The third-order valence-corrected chi connectivity index (χ3v) is 2.13. The van der Waals surface area contributed by atoms with Crippen LogP contribution in [-0.2, 0) is 0 Å². The van der Waals surface area contributed by atoms with Crippen molar-refractivity contribution >= 4 is 11.6 Å². The van der Waals surface area contributed by atoms with Gasteiger partial charge in [0.1, 0.15) is 18.0 Å². The van der Waals surface area contributed by atoms with Gasteiger partial charge in [0.25, 0.3) is 0 Å². The number of aliphatic hydroxyl groups excluding tert-OH is 1. The maximum Gasteiger partial charge on any atom is 0.133 e. The van der Waals surface area contributed by atoms with Crippen LogP contribution in [0.1, 0.15) is 20.3 Å². The molecule has 5 heteroatoms. The van der Waals surface area contributed by atoms with E-state index in [-0.39, 0.29) is 6.61 Å². The van der Waals surface area contributed by atoms with Gasteiger partial charge in [-0.05, 0) is 20.3 Å². The molecule has 1 aromatic rings. The Balaban J connectivity index is 2.65. The molecule has 0 radical (unpaired) electrons. The third-order valence-electron chi connectivity index (χ3n) is 2.13. The standard InChI is InChI=1S/C11H20N4O/c1-9(2)14-10-7-11(13-8-12-10)15(3)5-4-6-16/h7-9,16H,4-6H2,1-3H3,(H,12,13,14). The Labute approximate surface area is 96.5 Å². The summed E-state index contributed by atoms with van der Waals surface area (Å²) in [5.41, 5.74) is 0. The molecule has 5 nitrogen and oxygen atoms in total. The molecule has 1 rings (SSSR count). The van der Waals surface area contributed by atoms with Crippen LogP contribution in [0.2, 0.25) is 0 Å². The lowest BCUT2D eigenvalue weighted by atomic mass is 10.3. The number of nitrogens with zero attached hydrogens (tertiary/aromatic N) is 3. The normalized spacial score (nSPS) is 10.6. The van der Waals surface area contributed by atoms with Gasteiger partial charge in [0.2, 0.25) is 0 Å². The Hall–Kier alpha value is -1.36. The quantitative estimate of drug-likeness (QED) is 0.758. The second-order valence-corrected chi connectivity index (χ2v) is 4.06. The Bertz CT molecular complexity index is 317. The largest absolute Gasteiger partial charge is 0.396 e. The van der Waals surface area contributed by atoms with Gasteiger partial charge in [0, 0.05) is 32.3 Å². The van der Waals surface area contributed by atoms with Gasteiger partial charge < -0.3 is 15.3 Å². The average molecular weight is 224 g/mol. The topological polar surface area (TPSA) is 61.3 Å². The Morgan fingerprint density at radius 2 is 2.19 bits per heavy atom.